The van der Waals surface area contributed by atoms with Crippen molar-refractivity contribution in [2.24, 2.45) is 5.73 Å². The molecule has 0 bridgehead atoms. The van der Waals surface area contributed by atoms with Gasteiger partial charge in [0.25, 0.3) is 0 Å². The zero-order chi connectivity index (χ0) is 15.3. The SMILES string of the molecule is CCC1CCCN1CCC(NC)(C(N)=O)c1ccccc1. The summed E-state index contributed by atoms with van der Waals surface area (Å²) in [7, 11) is 1.82. The number of likely N-dealkylation sites (N-methyl/N-ethyl adjacent to an activating group) is 1. The number of amides is 1. The standard InChI is InChI=1S/C17H27N3O/c1-3-15-10-7-12-20(15)13-11-17(19-2,16(18)21)14-8-5-4-6-9-14/h4-6,8-9,15,19H,3,7,10-13H2,1-2H3,(H2,18,21). The van der Waals surface area contributed by atoms with E-state index in [-0.39, 0.29) is 5.91 Å². The predicted molar refractivity (Wildman–Crippen MR) is 85.9 cm³/mol. The number of hydrogen-bond acceptors (Lipinski definition) is 3. The second kappa shape index (κ2) is 7.05. The molecule has 0 spiro atoms. The Morgan fingerprint density at radius 1 is 1.43 bits per heavy atom. The fraction of sp³-hybridized carbons (Fsp3) is 0.588. The van der Waals surface area contributed by atoms with E-state index < -0.39 is 5.54 Å². The van der Waals surface area contributed by atoms with Gasteiger partial charge in [0, 0.05) is 12.6 Å². The number of nitrogens with zero attached hydrogens (tertiary/aromatic N) is 1. The third kappa shape index (κ3) is 3.27. The molecule has 1 heterocycles. The molecule has 2 atom stereocenters. The fourth-order valence-corrected chi connectivity index (χ4v) is 3.49. The first-order valence-corrected chi connectivity index (χ1v) is 7.92. The van der Waals surface area contributed by atoms with Crippen molar-refractivity contribution in [1.29, 1.82) is 0 Å². The average Bonchev–Trinajstić information content (AvgIpc) is 2.97. The monoisotopic (exact) mass is 289 g/mol. The van der Waals surface area contributed by atoms with E-state index in [1.807, 2.05) is 37.4 Å². The molecule has 116 valence electrons. The van der Waals surface area contributed by atoms with E-state index in [1.165, 1.54) is 19.3 Å². The number of carbonyl (C=O) groups is 1. The molecule has 1 aliphatic rings. The van der Waals surface area contributed by atoms with Gasteiger partial charge in [-0.15, -0.1) is 0 Å². The lowest BCUT2D eigenvalue weighted by molar-refractivity contribution is -0.125. The van der Waals surface area contributed by atoms with Gasteiger partial charge < -0.3 is 16.0 Å². The minimum absolute atomic E-state index is 0.302. The molecule has 1 aliphatic heterocycles. The summed E-state index contributed by atoms with van der Waals surface area (Å²) in [6, 6.07) is 10.5. The van der Waals surface area contributed by atoms with Crippen LogP contribution in [0.1, 0.15) is 38.2 Å². The van der Waals surface area contributed by atoms with Crippen molar-refractivity contribution in [3.05, 3.63) is 35.9 Å². The maximum absolute atomic E-state index is 12.2. The number of benzene rings is 1. The van der Waals surface area contributed by atoms with Gasteiger partial charge in [0.15, 0.2) is 0 Å². The van der Waals surface area contributed by atoms with E-state index in [0.717, 1.165) is 18.7 Å². The summed E-state index contributed by atoms with van der Waals surface area (Å²) in [5.74, 6) is -0.302. The van der Waals surface area contributed by atoms with E-state index in [0.29, 0.717) is 12.5 Å². The predicted octanol–water partition coefficient (Wildman–Crippen LogP) is 1.85. The third-order valence-electron chi connectivity index (χ3n) is 4.86. The topological polar surface area (TPSA) is 58.4 Å². The van der Waals surface area contributed by atoms with Gasteiger partial charge in [-0.1, -0.05) is 37.3 Å². The molecule has 2 rings (SSSR count). The largest absolute Gasteiger partial charge is 0.368 e. The Kier molecular flexibility index (Phi) is 5.37. The number of likely N-dealkylation sites (tertiary alicyclic amines) is 1. The number of nitrogens with one attached hydrogen (secondary N) is 1. The Morgan fingerprint density at radius 3 is 2.71 bits per heavy atom. The van der Waals surface area contributed by atoms with Crippen molar-refractivity contribution in [1.82, 2.24) is 10.2 Å². The third-order valence-corrected chi connectivity index (χ3v) is 4.86. The molecule has 1 aromatic rings. The quantitative estimate of drug-likeness (QED) is 0.805. The molecular weight excluding hydrogens is 262 g/mol. The van der Waals surface area contributed by atoms with Gasteiger partial charge in [-0.25, -0.2) is 0 Å². The zero-order valence-corrected chi connectivity index (χ0v) is 13.1. The highest BCUT2D eigenvalue weighted by Gasteiger charge is 2.37. The molecule has 0 saturated carbocycles. The number of hydrogen-bond donors (Lipinski definition) is 2. The van der Waals surface area contributed by atoms with Crippen molar-refractivity contribution in [3.8, 4) is 0 Å². The van der Waals surface area contributed by atoms with E-state index in [9.17, 15) is 4.79 Å². The molecule has 0 aromatic heterocycles. The normalized spacial score (nSPS) is 22.1. The molecule has 21 heavy (non-hydrogen) atoms. The summed E-state index contributed by atoms with van der Waals surface area (Å²) >= 11 is 0. The van der Waals surface area contributed by atoms with Crippen LogP contribution in [0.15, 0.2) is 30.3 Å². The van der Waals surface area contributed by atoms with Gasteiger partial charge in [0.2, 0.25) is 5.91 Å². The van der Waals surface area contributed by atoms with Crippen LogP contribution in [0.3, 0.4) is 0 Å². The maximum atomic E-state index is 12.2. The summed E-state index contributed by atoms with van der Waals surface area (Å²) in [5, 5.41) is 3.19. The van der Waals surface area contributed by atoms with Crippen LogP contribution in [-0.2, 0) is 10.3 Å². The maximum Gasteiger partial charge on any atom is 0.242 e. The Balaban J connectivity index is 2.16. The summed E-state index contributed by atoms with van der Waals surface area (Å²) in [4.78, 5) is 14.6. The second-order valence-corrected chi connectivity index (χ2v) is 5.88. The average molecular weight is 289 g/mol. The number of carbonyl (C=O) groups excluding carboxylic acids is 1. The Morgan fingerprint density at radius 2 is 2.14 bits per heavy atom. The fourth-order valence-electron chi connectivity index (χ4n) is 3.49. The van der Waals surface area contributed by atoms with Crippen molar-refractivity contribution in [3.63, 3.8) is 0 Å². The lowest BCUT2D eigenvalue weighted by atomic mass is 9.85. The zero-order valence-electron chi connectivity index (χ0n) is 13.1. The first kappa shape index (κ1) is 16.0. The van der Waals surface area contributed by atoms with Gasteiger partial charge >= 0.3 is 0 Å². The minimum Gasteiger partial charge on any atom is -0.368 e. The molecule has 4 heteroatoms. The number of primary amides is 1. The first-order chi connectivity index (χ1) is 10.1. The van der Waals surface area contributed by atoms with Crippen LogP contribution < -0.4 is 11.1 Å². The van der Waals surface area contributed by atoms with Crippen LogP contribution >= 0.6 is 0 Å². The van der Waals surface area contributed by atoms with Gasteiger partial charge in [-0.3, -0.25) is 4.79 Å². The Hall–Kier alpha value is -1.39. The molecule has 2 unspecified atom stereocenters. The van der Waals surface area contributed by atoms with Crippen LogP contribution in [0.4, 0.5) is 0 Å². The van der Waals surface area contributed by atoms with Gasteiger partial charge in [0.1, 0.15) is 5.54 Å². The van der Waals surface area contributed by atoms with Gasteiger partial charge in [-0.05, 0) is 44.8 Å². The minimum atomic E-state index is -0.776. The van der Waals surface area contributed by atoms with Crippen LogP contribution in [0.5, 0.6) is 0 Å². The molecule has 1 saturated heterocycles. The molecule has 1 fully saturated rings. The highest BCUT2D eigenvalue weighted by molar-refractivity contribution is 5.86. The molecule has 0 aliphatic carbocycles. The lowest BCUT2D eigenvalue weighted by Gasteiger charge is -2.34. The summed E-state index contributed by atoms with van der Waals surface area (Å²) in [6.07, 6.45) is 4.41. The van der Waals surface area contributed by atoms with Crippen LogP contribution in [0.2, 0.25) is 0 Å². The van der Waals surface area contributed by atoms with E-state index in [4.69, 9.17) is 5.73 Å². The van der Waals surface area contributed by atoms with Crippen molar-refractivity contribution >= 4 is 5.91 Å². The molecule has 1 aromatic carbocycles. The van der Waals surface area contributed by atoms with E-state index in [1.54, 1.807) is 0 Å². The van der Waals surface area contributed by atoms with Crippen LogP contribution in [0, 0.1) is 0 Å². The molecular formula is C17H27N3O. The molecule has 1 amide bonds. The van der Waals surface area contributed by atoms with Gasteiger partial charge in [0.05, 0.1) is 0 Å². The van der Waals surface area contributed by atoms with Gasteiger partial charge in [-0.2, -0.15) is 0 Å². The molecule has 0 radical (unpaired) electrons. The highest BCUT2D eigenvalue weighted by Crippen LogP contribution is 2.27. The summed E-state index contributed by atoms with van der Waals surface area (Å²) < 4.78 is 0. The second-order valence-electron chi connectivity index (χ2n) is 5.88. The molecule has 4 nitrogen and oxygen atoms in total. The smallest absolute Gasteiger partial charge is 0.242 e. The summed E-state index contributed by atoms with van der Waals surface area (Å²) in [6.45, 7) is 4.27. The lowest BCUT2D eigenvalue weighted by Crippen LogP contribution is -2.53. The van der Waals surface area contributed by atoms with E-state index >= 15 is 0 Å². The van der Waals surface area contributed by atoms with Crippen LogP contribution in [0.25, 0.3) is 0 Å². The Labute approximate surface area is 127 Å². The molecule has 3 N–H and O–H groups in total. The number of rotatable bonds is 7. The van der Waals surface area contributed by atoms with Crippen molar-refractivity contribution < 1.29 is 4.79 Å². The van der Waals surface area contributed by atoms with Crippen molar-refractivity contribution in [2.45, 2.75) is 44.2 Å². The number of nitrogens with two attached hydrogens (primary N) is 1. The van der Waals surface area contributed by atoms with E-state index in [2.05, 4.69) is 17.1 Å². The first-order valence-electron chi connectivity index (χ1n) is 7.92. The highest BCUT2D eigenvalue weighted by atomic mass is 16.1. The van der Waals surface area contributed by atoms with Crippen molar-refractivity contribution in [2.75, 3.05) is 20.1 Å². The summed E-state index contributed by atoms with van der Waals surface area (Å²) in [5.41, 5.74) is 5.92. The Bertz CT molecular complexity index is 462. The van der Waals surface area contributed by atoms with Crippen LogP contribution in [-0.4, -0.2) is 37.0 Å².